The fourth-order valence-corrected chi connectivity index (χ4v) is 20.2. The van der Waals surface area contributed by atoms with Gasteiger partial charge in [0.15, 0.2) is 0 Å². The molecule has 0 spiro atoms. The van der Waals surface area contributed by atoms with E-state index < -0.39 is 278 Å². The predicted molar refractivity (Wildman–Crippen MR) is 535 cm³/mol. The van der Waals surface area contributed by atoms with Crippen molar-refractivity contribution < 1.29 is 125 Å². The van der Waals surface area contributed by atoms with Crippen molar-refractivity contribution in [2.24, 2.45) is 46.2 Å². The summed E-state index contributed by atoms with van der Waals surface area (Å²) in [4.78, 5) is 330. The molecule has 16 atom stereocenters. The van der Waals surface area contributed by atoms with Crippen molar-refractivity contribution in [3.63, 3.8) is 0 Å². The normalized spacial score (nSPS) is 22.5. The maximum absolute atomic E-state index is 14.9. The van der Waals surface area contributed by atoms with Gasteiger partial charge in [0.2, 0.25) is 142 Å². The lowest BCUT2D eigenvalue weighted by Crippen LogP contribution is -2.61. The van der Waals surface area contributed by atoms with Gasteiger partial charge in [-0.15, -0.1) is 0 Å². The summed E-state index contributed by atoms with van der Waals surface area (Å²) in [6, 6.07) is -9.03. The van der Waals surface area contributed by atoms with Crippen LogP contribution >= 0.6 is 43.2 Å². The molecule has 24 amide bonds. The summed E-state index contributed by atoms with van der Waals surface area (Å²) in [6.45, 7) is 5.53. The highest BCUT2D eigenvalue weighted by molar-refractivity contribution is 8.77. The van der Waals surface area contributed by atoms with Crippen molar-refractivity contribution in [1.29, 1.82) is 0 Å². The van der Waals surface area contributed by atoms with E-state index in [1.165, 1.54) is 48.5 Å². The Kier molecular flexibility index (Phi) is 52.6. The number of benzene rings is 2. The Bertz CT molecular complexity index is 4640. The van der Waals surface area contributed by atoms with Crippen LogP contribution < -0.4 is 119 Å². The highest BCUT2D eigenvalue weighted by Gasteiger charge is 2.45. The lowest BCUT2D eigenvalue weighted by molar-refractivity contribution is -0.142. The zero-order valence-electron chi connectivity index (χ0n) is 82.0. The molecule has 4 aliphatic heterocycles. The summed E-state index contributed by atoms with van der Waals surface area (Å²) >= 11 is 0. The van der Waals surface area contributed by atoms with E-state index in [2.05, 4.69) is 85.1 Å². The number of phenolic OH excluding ortho intramolecular Hbond substituents is 2. The van der Waals surface area contributed by atoms with E-state index in [-0.39, 0.29) is 188 Å². The van der Waals surface area contributed by atoms with Gasteiger partial charge in [-0.1, -0.05) is 108 Å². The minimum absolute atomic E-state index is 0.00474. The topological polar surface area (TPSA) is 805 Å². The standard InChI is InChI=1S/C92H138N24O26S4/c1-5-49(3)77-89(139)107-57(29-31-67(93)119)81(131)109-61(43-69(95)121)83(133)111-63(47-145-143-39-33-75(127)103-59(85(135)113-77)41-51-21-25-53(117)26-22-51)91(141)115-37-13-17-65(115)87(137)105-55(79(129)101-45-71(97)123)15-9-11-35-99-73(125)19-7-8-20-74(126)100-36-12-10-16-56(80(130)102-46-72(98)124)106-88(138)66-18-14-38-116(66)92(142)64-48-146-144-40-34-76(128)104-60(42-52-23-27-54(118)28-24-52)86(136)114-78(50(4)6-2)90(140)108-58(30-32-68(94)120)82(132)110-62(44-70(96)122)84(134)112-64/h21-28,49-50,55-66,77-78,117-118H,5-20,29-48H2,1-4H3,(H2,93,119)(H2,94,120)(H2,95,121)(H2,96,122)(H2,97,123)(H2,98,124)(H,99,125)(H,100,126)(H,101,129)(H,102,130)(H,103,127)(H,104,128)(H,105,137)(H,106,138)(H,107,139)(H,108,140)(H,109,131)(H,110,132)(H,111,133)(H,112,134)(H,113,135)(H,114,136)/t49-,50-,55-,56-,57-,58-,59-,60-,61-,62-,63-,64-,65-,66-,77-,78-/m0/s1. The third-order valence-electron chi connectivity index (χ3n) is 24.4. The van der Waals surface area contributed by atoms with Crippen LogP contribution in [0.5, 0.6) is 11.5 Å². The van der Waals surface area contributed by atoms with Crippen LogP contribution in [-0.4, -0.2) is 309 Å². The van der Waals surface area contributed by atoms with E-state index in [0.29, 0.717) is 24.0 Å². The van der Waals surface area contributed by atoms with Crippen molar-refractivity contribution in [3.8, 4) is 11.5 Å². The quantitative estimate of drug-likeness (QED) is 0.0217. The van der Waals surface area contributed by atoms with E-state index >= 15 is 0 Å². The Hall–Kier alpha value is -13.3. The lowest BCUT2D eigenvalue weighted by atomic mass is 9.96. The molecule has 146 heavy (non-hydrogen) atoms. The molecule has 50 nitrogen and oxygen atoms in total. The fraction of sp³-hybridized carbons (Fsp3) is 0.609. The molecular formula is C92H138N24O26S4. The number of hydrogen-bond donors (Lipinski definition) is 24. The van der Waals surface area contributed by atoms with Crippen molar-refractivity contribution in [3.05, 3.63) is 59.7 Å². The molecule has 4 fully saturated rings. The first-order chi connectivity index (χ1) is 69.3. The fourth-order valence-electron chi connectivity index (χ4n) is 15.9. The number of nitrogens with zero attached hydrogens (tertiary/aromatic N) is 2. The molecule has 806 valence electrons. The number of rotatable bonds is 45. The summed E-state index contributed by atoms with van der Waals surface area (Å²) < 4.78 is 0. The van der Waals surface area contributed by atoms with Crippen molar-refractivity contribution in [2.45, 2.75) is 279 Å². The predicted octanol–water partition coefficient (Wildman–Crippen LogP) is -6.04. The van der Waals surface area contributed by atoms with E-state index in [0.717, 1.165) is 53.0 Å². The van der Waals surface area contributed by atoms with Gasteiger partial charge in [0.25, 0.3) is 0 Å². The summed E-state index contributed by atoms with van der Waals surface area (Å²) in [5, 5.41) is 61.3. The maximum Gasteiger partial charge on any atom is 0.246 e. The first-order valence-corrected chi connectivity index (χ1v) is 53.4. The Morgan fingerprint density at radius 3 is 1.07 bits per heavy atom. The number of hydrogen-bond acceptors (Lipinski definition) is 30. The number of carbonyl (C=O) groups is 24. The highest BCUT2D eigenvalue weighted by atomic mass is 33.1. The Balaban J connectivity index is 1.04. The van der Waals surface area contributed by atoms with Gasteiger partial charge in [-0.2, -0.15) is 0 Å². The Morgan fingerprint density at radius 1 is 0.390 bits per heavy atom. The number of nitrogens with one attached hydrogen (secondary N) is 16. The van der Waals surface area contributed by atoms with Crippen LogP contribution in [0.3, 0.4) is 0 Å². The maximum atomic E-state index is 14.9. The first-order valence-electron chi connectivity index (χ1n) is 48.4. The summed E-state index contributed by atoms with van der Waals surface area (Å²) in [6.07, 6.45) is -1.83. The number of likely N-dealkylation sites (tertiary alicyclic amines) is 2. The number of amides is 24. The second kappa shape index (κ2) is 63.2. The molecule has 4 heterocycles. The van der Waals surface area contributed by atoms with E-state index in [4.69, 9.17) is 34.4 Å². The Morgan fingerprint density at radius 2 is 0.733 bits per heavy atom. The van der Waals surface area contributed by atoms with Crippen LogP contribution in [-0.2, 0) is 128 Å². The molecule has 6 rings (SSSR count). The Labute approximate surface area is 859 Å². The smallest absolute Gasteiger partial charge is 0.246 e. The minimum Gasteiger partial charge on any atom is -0.508 e. The van der Waals surface area contributed by atoms with Gasteiger partial charge in [0, 0.05) is 101 Å². The molecule has 0 bridgehead atoms. The van der Waals surface area contributed by atoms with Crippen molar-refractivity contribution in [1.82, 2.24) is 94.9 Å². The number of carbonyl (C=O) groups excluding carboxylic acids is 24. The highest BCUT2D eigenvalue weighted by Crippen LogP contribution is 2.30. The van der Waals surface area contributed by atoms with Gasteiger partial charge in [-0.25, -0.2) is 0 Å². The zero-order valence-corrected chi connectivity index (χ0v) is 85.3. The van der Waals surface area contributed by atoms with E-state index in [9.17, 15) is 125 Å². The summed E-state index contributed by atoms with van der Waals surface area (Å²) in [5.74, 6) is -22.5. The second-order valence-electron chi connectivity index (χ2n) is 35.9. The van der Waals surface area contributed by atoms with Crippen LogP contribution in [0.2, 0.25) is 0 Å². The van der Waals surface area contributed by atoms with Crippen LogP contribution in [0.4, 0.5) is 0 Å². The number of primary amides is 6. The third-order valence-corrected chi connectivity index (χ3v) is 29.2. The third kappa shape index (κ3) is 43.2. The van der Waals surface area contributed by atoms with Crippen molar-refractivity contribution >= 4 is 185 Å². The molecule has 0 unspecified atom stereocenters. The molecule has 4 aliphatic rings. The van der Waals surface area contributed by atoms with Crippen LogP contribution in [0.1, 0.15) is 193 Å². The van der Waals surface area contributed by atoms with E-state index in [1.807, 2.05) is 0 Å². The van der Waals surface area contributed by atoms with Gasteiger partial charge in [0.1, 0.15) is 96.1 Å². The van der Waals surface area contributed by atoms with Crippen LogP contribution in [0, 0.1) is 11.8 Å². The van der Waals surface area contributed by atoms with Gasteiger partial charge >= 0.3 is 0 Å². The molecule has 0 aromatic heterocycles. The molecule has 0 radical (unpaired) electrons. The lowest BCUT2D eigenvalue weighted by Gasteiger charge is -2.31. The number of unbranched alkanes of at least 4 members (excludes halogenated alkanes) is 3. The second-order valence-corrected chi connectivity index (χ2v) is 41.2. The zero-order chi connectivity index (χ0) is 108. The number of aromatic hydroxyl groups is 2. The SMILES string of the molecule is CC[C@H](C)[C@@H]1NC(=O)[C@H](Cc2ccc(O)cc2)NC(=O)CCSSC[C@@H](C(=O)N2CCC[C@H]2C(=O)N[C@@H](CCCCNC(=O)CCCCC(=O)NCCCC[C@H](NC(=O)[C@@H]2CCCN2C(=O)[C@@H]2CSSCCC(=O)N[C@@H](Cc3ccc(O)cc3)C(=O)N[C@@H]([C@@H](C)CC)C(=O)N[C@@H](CCC(N)=O)C(=O)N[C@@H](CC(N)=O)C(=O)N2)C(=O)NCC(N)=O)C(=O)NCC(N)=O)NC(=O)[C@H](CC(N)=O)NC(=O)[C@H](CCC(N)=O)NC1=O. The van der Waals surface area contributed by atoms with Gasteiger partial charge in [0.05, 0.1) is 25.9 Å². The van der Waals surface area contributed by atoms with Gasteiger partial charge < -0.3 is 139 Å². The van der Waals surface area contributed by atoms with Crippen LogP contribution in [0.15, 0.2) is 48.5 Å². The first kappa shape index (κ1) is 121. The molecule has 2 aromatic rings. The average molecular weight is 2120 g/mol. The number of phenols is 2. The monoisotopic (exact) mass is 2120 g/mol. The van der Waals surface area contributed by atoms with Gasteiger partial charge in [-0.3, -0.25) is 115 Å². The van der Waals surface area contributed by atoms with Crippen LogP contribution in [0.25, 0.3) is 0 Å². The van der Waals surface area contributed by atoms with Crippen molar-refractivity contribution in [2.75, 3.05) is 62.3 Å². The number of nitrogens with two attached hydrogens (primary N) is 6. The summed E-state index contributed by atoms with van der Waals surface area (Å²) in [5.41, 5.74) is 33.9. The molecular weight excluding hydrogens is 1990 g/mol. The molecule has 0 saturated carbocycles. The minimum atomic E-state index is -1.84. The molecule has 0 aliphatic carbocycles. The molecule has 30 N–H and O–H groups in total. The molecule has 4 saturated heterocycles. The molecule has 54 heteroatoms. The van der Waals surface area contributed by atoms with E-state index in [1.54, 1.807) is 27.7 Å². The summed E-state index contributed by atoms with van der Waals surface area (Å²) in [7, 11) is 4.19. The molecule has 2 aromatic carbocycles. The van der Waals surface area contributed by atoms with Gasteiger partial charge in [-0.05, 0) is 137 Å². The average Bonchev–Trinajstić information content (AvgIpc) is 1.66. The largest absolute Gasteiger partial charge is 0.508 e.